The van der Waals surface area contributed by atoms with E-state index in [1.165, 1.54) is 6.33 Å². The van der Waals surface area contributed by atoms with Gasteiger partial charge in [-0.2, -0.15) is 5.10 Å². The minimum absolute atomic E-state index is 0.212. The molecular weight excluding hydrogens is 378 g/mol. The van der Waals surface area contributed by atoms with Crippen molar-refractivity contribution in [1.29, 1.82) is 0 Å². The monoisotopic (exact) mass is 405 g/mol. The highest BCUT2D eigenvalue weighted by Gasteiger charge is 2.19. The number of benzene rings is 1. The number of pyridine rings is 1. The summed E-state index contributed by atoms with van der Waals surface area (Å²) in [4.78, 5) is 15.4. The lowest BCUT2D eigenvalue weighted by Gasteiger charge is -2.20. The lowest BCUT2D eigenvalue weighted by molar-refractivity contribution is 0.471. The zero-order valence-electron chi connectivity index (χ0n) is 18.2. The number of nitrogens with zero attached hydrogens (tertiary/aromatic N) is 6. The molecule has 8 heteroatoms. The summed E-state index contributed by atoms with van der Waals surface area (Å²) >= 11 is 0. The number of phenolic OH excluding ortho intramolecular Hbond substituents is 1. The van der Waals surface area contributed by atoms with Gasteiger partial charge in [-0.1, -0.05) is 19.9 Å². The standard InChI is InChI=1S/C20H21N7O.C2H6/c1-11-5-6-15(28)12(2)17(11)19-18-14(20(21)23-10-22-18)7-16(25-19)27(4)13-8-24-26(3)9-13;1-2/h5-10,28H,1-4H3,(H2,21,22,23);1-2H3. The van der Waals surface area contributed by atoms with E-state index in [0.717, 1.165) is 22.4 Å². The molecule has 0 amide bonds. The van der Waals surface area contributed by atoms with Gasteiger partial charge in [0.25, 0.3) is 0 Å². The predicted molar refractivity (Wildman–Crippen MR) is 121 cm³/mol. The molecule has 30 heavy (non-hydrogen) atoms. The Morgan fingerprint density at radius 2 is 1.87 bits per heavy atom. The zero-order valence-corrected chi connectivity index (χ0v) is 18.2. The van der Waals surface area contributed by atoms with Gasteiger partial charge in [0.1, 0.15) is 29.2 Å². The van der Waals surface area contributed by atoms with Gasteiger partial charge in [0.2, 0.25) is 0 Å². The summed E-state index contributed by atoms with van der Waals surface area (Å²) in [6.07, 6.45) is 5.10. The summed E-state index contributed by atoms with van der Waals surface area (Å²) in [5, 5.41) is 15.2. The molecule has 0 aliphatic carbocycles. The fourth-order valence-electron chi connectivity index (χ4n) is 3.33. The Hall–Kier alpha value is -3.68. The second-order valence-electron chi connectivity index (χ2n) is 6.82. The molecule has 156 valence electrons. The molecule has 0 saturated heterocycles. The van der Waals surface area contributed by atoms with E-state index in [1.807, 2.05) is 65.0 Å². The van der Waals surface area contributed by atoms with Gasteiger partial charge >= 0.3 is 0 Å². The van der Waals surface area contributed by atoms with Crippen molar-refractivity contribution in [3.8, 4) is 17.0 Å². The second-order valence-corrected chi connectivity index (χ2v) is 6.82. The number of anilines is 3. The van der Waals surface area contributed by atoms with Crippen molar-refractivity contribution in [3.05, 3.63) is 48.0 Å². The first kappa shape index (κ1) is 21.0. The van der Waals surface area contributed by atoms with Crippen molar-refractivity contribution >= 4 is 28.2 Å². The van der Waals surface area contributed by atoms with Crippen molar-refractivity contribution in [1.82, 2.24) is 24.7 Å². The number of phenols is 1. The summed E-state index contributed by atoms with van der Waals surface area (Å²) in [6.45, 7) is 7.85. The SMILES string of the molecule is CC.Cc1ccc(O)c(C)c1-c1nc(N(C)c2cnn(C)c2)cc2c(N)ncnc12. The van der Waals surface area contributed by atoms with E-state index in [2.05, 4.69) is 15.1 Å². The molecule has 0 unspecified atom stereocenters. The quantitative estimate of drug-likeness (QED) is 0.528. The van der Waals surface area contributed by atoms with E-state index in [1.54, 1.807) is 16.9 Å². The third-order valence-electron chi connectivity index (χ3n) is 4.94. The maximum atomic E-state index is 10.3. The number of nitrogen functional groups attached to an aromatic ring is 1. The van der Waals surface area contributed by atoms with E-state index in [9.17, 15) is 5.11 Å². The molecule has 3 heterocycles. The molecule has 0 atom stereocenters. The van der Waals surface area contributed by atoms with Crippen LogP contribution in [0.3, 0.4) is 0 Å². The van der Waals surface area contributed by atoms with E-state index in [-0.39, 0.29) is 5.75 Å². The molecule has 0 radical (unpaired) electrons. The summed E-state index contributed by atoms with van der Waals surface area (Å²) in [5.74, 6) is 1.27. The lowest BCUT2D eigenvalue weighted by atomic mass is 9.97. The molecular formula is C22H27N7O. The molecule has 0 aliphatic heterocycles. The minimum Gasteiger partial charge on any atom is -0.508 e. The Morgan fingerprint density at radius 1 is 1.13 bits per heavy atom. The topological polar surface area (TPSA) is 106 Å². The molecule has 3 aromatic heterocycles. The molecule has 0 spiro atoms. The van der Waals surface area contributed by atoms with Crippen LogP contribution >= 0.6 is 0 Å². The highest BCUT2D eigenvalue weighted by atomic mass is 16.3. The maximum absolute atomic E-state index is 10.3. The van der Waals surface area contributed by atoms with Crippen LogP contribution < -0.4 is 10.6 Å². The number of nitrogens with two attached hydrogens (primary N) is 1. The smallest absolute Gasteiger partial charge is 0.134 e. The molecule has 4 rings (SSSR count). The first-order valence-corrected chi connectivity index (χ1v) is 9.80. The Balaban J connectivity index is 0.00000124. The van der Waals surface area contributed by atoms with Crippen LogP contribution in [0.25, 0.3) is 22.2 Å². The van der Waals surface area contributed by atoms with Crippen molar-refractivity contribution in [2.24, 2.45) is 7.05 Å². The zero-order chi connectivity index (χ0) is 22.0. The highest BCUT2D eigenvalue weighted by Crippen LogP contribution is 2.38. The van der Waals surface area contributed by atoms with E-state index < -0.39 is 0 Å². The Morgan fingerprint density at radius 3 is 2.53 bits per heavy atom. The van der Waals surface area contributed by atoms with Gasteiger partial charge in [-0.05, 0) is 31.5 Å². The molecule has 3 N–H and O–H groups in total. The third kappa shape index (κ3) is 3.63. The third-order valence-corrected chi connectivity index (χ3v) is 4.94. The average molecular weight is 406 g/mol. The van der Waals surface area contributed by atoms with Crippen LogP contribution in [0.2, 0.25) is 0 Å². The van der Waals surface area contributed by atoms with E-state index in [0.29, 0.717) is 28.2 Å². The molecule has 4 aromatic rings. The van der Waals surface area contributed by atoms with Gasteiger partial charge in [-0.15, -0.1) is 0 Å². The van der Waals surface area contributed by atoms with Gasteiger partial charge in [0.05, 0.1) is 17.6 Å². The van der Waals surface area contributed by atoms with Crippen LogP contribution in [-0.2, 0) is 7.05 Å². The fourth-order valence-corrected chi connectivity index (χ4v) is 3.33. The number of aromatic nitrogens is 5. The molecule has 0 saturated carbocycles. The van der Waals surface area contributed by atoms with Crippen LogP contribution in [0.4, 0.5) is 17.3 Å². The summed E-state index contributed by atoms with van der Waals surface area (Å²) in [6, 6.07) is 5.42. The van der Waals surface area contributed by atoms with Crippen LogP contribution in [0.1, 0.15) is 25.0 Å². The van der Waals surface area contributed by atoms with Crippen molar-refractivity contribution < 1.29 is 5.11 Å². The summed E-state index contributed by atoms with van der Waals surface area (Å²) in [5.41, 5.74) is 10.9. The second kappa shape index (κ2) is 8.36. The number of hydrogen-bond acceptors (Lipinski definition) is 7. The average Bonchev–Trinajstić information content (AvgIpc) is 3.18. The number of fused-ring (bicyclic) bond motifs is 1. The number of aromatic hydroxyl groups is 1. The van der Waals surface area contributed by atoms with Gasteiger partial charge in [-0.3, -0.25) is 4.68 Å². The number of aryl methyl sites for hydroxylation is 2. The Bertz CT molecular complexity index is 1200. The lowest BCUT2D eigenvalue weighted by Crippen LogP contribution is -2.12. The van der Waals surface area contributed by atoms with Crippen molar-refractivity contribution in [2.45, 2.75) is 27.7 Å². The maximum Gasteiger partial charge on any atom is 0.134 e. The van der Waals surface area contributed by atoms with Crippen LogP contribution in [-0.4, -0.2) is 36.9 Å². The molecule has 8 nitrogen and oxygen atoms in total. The van der Waals surface area contributed by atoms with Gasteiger partial charge in [0, 0.05) is 36.8 Å². The van der Waals surface area contributed by atoms with Crippen LogP contribution in [0.15, 0.2) is 36.9 Å². The van der Waals surface area contributed by atoms with Crippen molar-refractivity contribution in [3.63, 3.8) is 0 Å². The normalized spacial score (nSPS) is 10.6. The molecule has 1 aromatic carbocycles. The first-order valence-electron chi connectivity index (χ1n) is 9.80. The minimum atomic E-state index is 0.212. The predicted octanol–water partition coefficient (Wildman–Crippen LogP) is 4.12. The molecule has 0 fully saturated rings. The highest BCUT2D eigenvalue weighted by molar-refractivity contribution is 6.00. The number of rotatable bonds is 3. The molecule has 0 aliphatic rings. The van der Waals surface area contributed by atoms with Gasteiger partial charge in [-0.25, -0.2) is 15.0 Å². The van der Waals surface area contributed by atoms with Crippen LogP contribution in [0, 0.1) is 13.8 Å². The fraction of sp³-hybridized carbons (Fsp3) is 0.273. The largest absolute Gasteiger partial charge is 0.508 e. The number of hydrogen-bond donors (Lipinski definition) is 2. The van der Waals surface area contributed by atoms with Crippen molar-refractivity contribution in [2.75, 3.05) is 17.7 Å². The van der Waals surface area contributed by atoms with Gasteiger partial charge < -0.3 is 15.7 Å². The summed E-state index contributed by atoms with van der Waals surface area (Å²) in [7, 11) is 3.78. The Labute approximate surface area is 176 Å². The van der Waals surface area contributed by atoms with E-state index in [4.69, 9.17) is 10.7 Å². The van der Waals surface area contributed by atoms with Gasteiger partial charge in [0.15, 0.2) is 0 Å². The first-order chi connectivity index (χ1) is 14.4. The summed E-state index contributed by atoms with van der Waals surface area (Å²) < 4.78 is 1.73. The Kier molecular flexibility index (Phi) is 5.86. The van der Waals surface area contributed by atoms with Crippen LogP contribution in [0.5, 0.6) is 5.75 Å². The molecule has 0 bridgehead atoms. The van der Waals surface area contributed by atoms with E-state index >= 15 is 0 Å².